The molecule has 1 atom stereocenters. The van der Waals surface area contributed by atoms with E-state index in [9.17, 15) is 14.4 Å². The molecular formula is C30H31FN8O. The number of carbonyl (C=O) groups excluding carboxylic acids is 1. The van der Waals surface area contributed by atoms with Crippen LogP contribution in [0.25, 0.3) is 11.3 Å². The molecule has 0 saturated heterocycles. The summed E-state index contributed by atoms with van der Waals surface area (Å²) in [4.78, 5) is 26.4. The van der Waals surface area contributed by atoms with Gasteiger partial charge in [-0.25, -0.2) is 14.4 Å². The van der Waals surface area contributed by atoms with Crippen LogP contribution in [0.1, 0.15) is 46.4 Å². The van der Waals surface area contributed by atoms with Gasteiger partial charge in [-0.2, -0.15) is 5.26 Å². The third-order valence-electron chi connectivity index (χ3n) is 6.25. The summed E-state index contributed by atoms with van der Waals surface area (Å²) in [5, 5.41) is 21.8. The molecule has 2 aromatic carbocycles. The first-order chi connectivity index (χ1) is 19.5. The van der Waals surface area contributed by atoms with Gasteiger partial charge in [-0.15, -0.1) is 0 Å². The molecule has 0 aliphatic heterocycles. The number of pyridine rings is 1. The van der Waals surface area contributed by atoms with Gasteiger partial charge in [0.1, 0.15) is 23.5 Å². The largest absolute Gasteiger partial charge is 0.369 e. The van der Waals surface area contributed by atoms with E-state index in [1.54, 1.807) is 31.5 Å². The molecule has 40 heavy (non-hydrogen) atoms. The molecule has 0 aliphatic carbocycles. The third kappa shape index (κ3) is 7.58. The van der Waals surface area contributed by atoms with Crippen molar-refractivity contribution in [3.05, 3.63) is 101 Å². The van der Waals surface area contributed by atoms with E-state index < -0.39 is 5.91 Å². The van der Waals surface area contributed by atoms with E-state index in [1.165, 1.54) is 24.4 Å². The maximum Gasteiger partial charge on any atom is 0.255 e. The molecule has 0 unspecified atom stereocenters. The summed E-state index contributed by atoms with van der Waals surface area (Å²) < 4.78 is 13.3. The topological polar surface area (TPSA) is 128 Å². The minimum Gasteiger partial charge on any atom is -0.369 e. The second kappa shape index (κ2) is 13.8. The zero-order chi connectivity index (χ0) is 28.3. The first-order valence-electron chi connectivity index (χ1n) is 13.0. The molecule has 9 nitrogen and oxygen atoms in total. The SMILES string of the molecule is CNCCCNc1cnc(-c2ccc(CNc3ncc(C#N)cc3C(=O)N[C@@H](C)c3ccc(F)cc3)cc2)cn1. The summed E-state index contributed by atoms with van der Waals surface area (Å²) in [5.74, 6) is 0.359. The average molecular weight is 539 g/mol. The van der Waals surface area contributed by atoms with E-state index in [4.69, 9.17) is 0 Å². The van der Waals surface area contributed by atoms with Gasteiger partial charge in [0.2, 0.25) is 0 Å². The Morgan fingerprint density at radius 1 is 0.975 bits per heavy atom. The fourth-order valence-electron chi connectivity index (χ4n) is 3.98. The molecule has 0 saturated carbocycles. The molecule has 0 fully saturated rings. The lowest BCUT2D eigenvalue weighted by Gasteiger charge is -2.16. The van der Waals surface area contributed by atoms with Crippen LogP contribution in [-0.4, -0.2) is 41.0 Å². The van der Waals surface area contributed by atoms with Crippen LogP contribution in [0.15, 0.2) is 73.2 Å². The van der Waals surface area contributed by atoms with Crippen LogP contribution in [0, 0.1) is 17.1 Å². The fraction of sp³-hybridized carbons (Fsp3) is 0.233. The Balaban J connectivity index is 1.39. The summed E-state index contributed by atoms with van der Waals surface area (Å²) in [7, 11) is 1.93. The highest BCUT2D eigenvalue weighted by atomic mass is 19.1. The van der Waals surface area contributed by atoms with E-state index >= 15 is 0 Å². The molecule has 0 bridgehead atoms. The predicted molar refractivity (Wildman–Crippen MR) is 153 cm³/mol. The van der Waals surface area contributed by atoms with Crippen molar-refractivity contribution in [3.63, 3.8) is 0 Å². The maximum absolute atomic E-state index is 13.3. The normalized spacial score (nSPS) is 11.3. The van der Waals surface area contributed by atoms with Crippen molar-refractivity contribution >= 4 is 17.5 Å². The second-order valence-corrected chi connectivity index (χ2v) is 9.20. The van der Waals surface area contributed by atoms with Crippen molar-refractivity contribution in [2.24, 2.45) is 0 Å². The van der Waals surface area contributed by atoms with Gasteiger partial charge in [0, 0.05) is 24.8 Å². The zero-order valence-electron chi connectivity index (χ0n) is 22.4. The molecule has 1 amide bonds. The summed E-state index contributed by atoms with van der Waals surface area (Å²) in [6, 6.07) is 17.0. The minimum atomic E-state index is -0.391. The molecular weight excluding hydrogens is 507 g/mol. The van der Waals surface area contributed by atoms with Crippen molar-refractivity contribution < 1.29 is 9.18 Å². The standard InChI is InChI=1S/C30H31FN8O/c1-20(23-8-10-25(31)11-9-23)39-30(40)26-14-22(15-32)17-38-29(26)37-16-21-4-6-24(7-5-21)27-18-36-28(19-35-27)34-13-3-12-33-2/h4-11,14,17-20,33H,3,12-13,16H2,1-2H3,(H,34,36)(H,37,38)(H,39,40)/t20-/m0/s1. The summed E-state index contributed by atoms with van der Waals surface area (Å²) >= 11 is 0. The summed E-state index contributed by atoms with van der Waals surface area (Å²) in [6.07, 6.45) is 5.88. The Labute approximate surface area is 232 Å². The number of benzene rings is 2. The molecule has 4 N–H and O–H groups in total. The molecule has 2 aromatic heterocycles. The number of anilines is 2. The predicted octanol–water partition coefficient (Wildman–Crippen LogP) is 4.67. The van der Waals surface area contributed by atoms with Gasteiger partial charge < -0.3 is 21.3 Å². The number of nitrogens with zero attached hydrogens (tertiary/aromatic N) is 4. The molecule has 4 rings (SSSR count). The highest BCUT2D eigenvalue weighted by Gasteiger charge is 2.17. The van der Waals surface area contributed by atoms with E-state index in [0.717, 1.165) is 47.7 Å². The Hall–Kier alpha value is -4.88. The highest BCUT2D eigenvalue weighted by molar-refractivity contribution is 5.99. The van der Waals surface area contributed by atoms with E-state index in [-0.39, 0.29) is 23.0 Å². The second-order valence-electron chi connectivity index (χ2n) is 9.20. The number of nitrogens with one attached hydrogen (secondary N) is 4. The molecule has 0 radical (unpaired) electrons. The fourth-order valence-corrected chi connectivity index (χ4v) is 3.98. The van der Waals surface area contributed by atoms with Crippen LogP contribution < -0.4 is 21.3 Å². The number of nitriles is 1. The van der Waals surface area contributed by atoms with Crippen molar-refractivity contribution in [1.29, 1.82) is 5.26 Å². The molecule has 0 spiro atoms. The molecule has 4 aromatic rings. The third-order valence-corrected chi connectivity index (χ3v) is 6.25. The number of halogens is 1. The van der Waals surface area contributed by atoms with Crippen LogP contribution in [0.4, 0.5) is 16.0 Å². The lowest BCUT2D eigenvalue weighted by molar-refractivity contribution is 0.0940. The number of carbonyl (C=O) groups is 1. The molecule has 0 aliphatic rings. The number of amides is 1. The van der Waals surface area contributed by atoms with Crippen LogP contribution in [-0.2, 0) is 6.54 Å². The van der Waals surface area contributed by atoms with Gasteiger partial charge in [0.25, 0.3) is 5.91 Å². The number of hydrogen-bond acceptors (Lipinski definition) is 8. The highest BCUT2D eigenvalue weighted by Crippen LogP contribution is 2.21. The lowest BCUT2D eigenvalue weighted by Crippen LogP contribution is -2.28. The van der Waals surface area contributed by atoms with E-state index in [2.05, 4.69) is 36.2 Å². The van der Waals surface area contributed by atoms with Crippen LogP contribution >= 0.6 is 0 Å². The zero-order valence-corrected chi connectivity index (χ0v) is 22.4. The van der Waals surface area contributed by atoms with Gasteiger partial charge in [0.05, 0.1) is 35.3 Å². The number of rotatable bonds is 12. The van der Waals surface area contributed by atoms with Crippen molar-refractivity contribution in [1.82, 2.24) is 25.6 Å². The summed E-state index contributed by atoms with van der Waals surface area (Å²) in [6.45, 7) is 3.97. The van der Waals surface area contributed by atoms with Crippen molar-refractivity contribution in [3.8, 4) is 17.3 Å². The van der Waals surface area contributed by atoms with Crippen molar-refractivity contribution in [2.75, 3.05) is 30.8 Å². The number of aromatic nitrogens is 3. The monoisotopic (exact) mass is 538 g/mol. The van der Waals surface area contributed by atoms with E-state index in [1.807, 2.05) is 37.4 Å². The Morgan fingerprint density at radius 2 is 1.75 bits per heavy atom. The number of hydrogen-bond donors (Lipinski definition) is 4. The van der Waals surface area contributed by atoms with Gasteiger partial charge in [-0.3, -0.25) is 9.78 Å². The first-order valence-corrected chi connectivity index (χ1v) is 13.0. The van der Waals surface area contributed by atoms with Crippen molar-refractivity contribution in [2.45, 2.75) is 25.9 Å². The first kappa shape index (κ1) is 28.1. The molecule has 10 heteroatoms. The Bertz CT molecular complexity index is 1450. The summed E-state index contributed by atoms with van der Waals surface area (Å²) in [5.41, 5.74) is 3.95. The van der Waals surface area contributed by atoms with Crippen LogP contribution in [0.5, 0.6) is 0 Å². The molecule has 2 heterocycles. The van der Waals surface area contributed by atoms with Gasteiger partial charge in [-0.1, -0.05) is 36.4 Å². The van der Waals surface area contributed by atoms with Crippen LogP contribution in [0.3, 0.4) is 0 Å². The van der Waals surface area contributed by atoms with Gasteiger partial charge >= 0.3 is 0 Å². The van der Waals surface area contributed by atoms with E-state index in [0.29, 0.717) is 12.4 Å². The Morgan fingerprint density at radius 3 is 2.42 bits per heavy atom. The average Bonchev–Trinajstić information content (AvgIpc) is 2.99. The van der Waals surface area contributed by atoms with Crippen LogP contribution in [0.2, 0.25) is 0 Å². The lowest BCUT2D eigenvalue weighted by atomic mass is 10.1. The van der Waals surface area contributed by atoms with Gasteiger partial charge in [-0.05, 0) is 56.3 Å². The quantitative estimate of drug-likeness (QED) is 0.192. The maximum atomic E-state index is 13.3. The minimum absolute atomic E-state index is 0.250. The van der Waals surface area contributed by atoms with Gasteiger partial charge in [0.15, 0.2) is 0 Å². The molecule has 204 valence electrons. The Kier molecular flexibility index (Phi) is 9.69. The smallest absolute Gasteiger partial charge is 0.255 e.